The highest BCUT2D eigenvalue weighted by Crippen LogP contribution is 2.27. The third-order valence-corrected chi connectivity index (χ3v) is 2.14. The van der Waals surface area contributed by atoms with Crippen molar-refractivity contribution in [1.29, 1.82) is 0 Å². The van der Waals surface area contributed by atoms with Gasteiger partial charge >= 0.3 is 0 Å². The average Bonchev–Trinajstić information content (AvgIpc) is 2.07. The molecule has 1 fully saturated rings. The normalized spacial score (nSPS) is 22.5. The van der Waals surface area contributed by atoms with E-state index in [1.807, 2.05) is 0 Å². The summed E-state index contributed by atoms with van der Waals surface area (Å²) in [5.74, 6) is -0.470. The lowest BCUT2D eigenvalue weighted by molar-refractivity contribution is -0.276. The minimum atomic E-state index is -0.470. The summed E-state index contributed by atoms with van der Waals surface area (Å²) in [7, 11) is 0. The van der Waals surface area contributed by atoms with Crippen LogP contribution in [-0.4, -0.2) is 30.7 Å². The molecule has 12 heavy (non-hydrogen) atoms. The van der Waals surface area contributed by atoms with Crippen LogP contribution in [0.5, 0.6) is 0 Å². The summed E-state index contributed by atoms with van der Waals surface area (Å²) in [5.41, 5.74) is 0. The van der Waals surface area contributed by atoms with Gasteiger partial charge in [-0.05, 0) is 6.42 Å². The first-order valence-corrected chi connectivity index (χ1v) is 4.72. The summed E-state index contributed by atoms with van der Waals surface area (Å²) in [4.78, 5) is 0. The van der Waals surface area contributed by atoms with Crippen LogP contribution < -0.4 is 0 Å². The Balaban J connectivity index is 2.44. The number of hydrogen-bond acceptors (Lipinski definition) is 3. The molecule has 0 unspecified atom stereocenters. The van der Waals surface area contributed by atoms with Crippen LogP contribution in [0.25, 0.3) is 0 Å². The fourth-order valence-corrected chi connectivity index (χ4v) is 1.58. The van der Waals surface area contributed by atoms with E-state index in [0.717, 1.165) is 32.5 Å². The van der Waals surface area contributed by atoms with Crippen LogP contribution in [-0.2, 0) is 9.47 Å². The molecule has 0 atom stereocenters. The van der Waals surface area contributed by atoms with E-state index in [2.05, 4.69) is 6.92 Å². The smallest absolute Gasteiger partial charge is 0.170 e. The summed E-state index contributed by atoms with van der Waals surface area (Å²) in [6, 6.07) is 0. The van der Waals surface area contributed by atoms with Crippen LogP contribution in [0.15, 0.2) is 0 Å². The molecular weight excluding hydrogens is 156 g/mol. The molecule has 1 aliphatic rings. The highest BCUT2D eigenvalue weighted by molar-refractivity contribution is 4.72. The molecule has 0 amide bonds. The van der Waals surface area contributed by atoms with E-state index in [1.165, 1.54) is 0 Å². The molecule has 0 aromatic heterocycles. The molecule has 1 aliphatic heterocycles. The van der Waals surface area contributed by atoms with Gasteiger partial charge in [-0.3, -0.25) is 0 Å². The van der Waals surface area contributed by atoms with Crippen molar-refractivity contribution in [3.63, 3.8) is 0 Å². The molecule has 0 saturated carbocycles. The molecule has 3 heteroatoms. The number of rotatable bonds is 4. The molecule has 0 aliphatic carbocycles. The third-order valence-electron chi connectivity index (χ3n) is 2.14. The van der Waals surface area contributed by atoms with Gasteiger partial charge in [0, 0.05) is 19.4 Å². The molecule has 0 radical (unpaired) electrons. The quantitative estimate of drug-likeness (QED) is 0.698. The van der Waals surface area contributed by atoms with Crippen LogP contribution in [0.2, 0.25) is 0 Å². The van der Waals surface area contributed by atoms with E-state index in [9.17, 15) is 0 Å². The van der Waals surface area contributed by atoms with Gasteiger partial charge in [0.25, 0.3) is 0 Å². The van der Waals surface area contributed by atoms with Gasteiger partial charge < -0.3 is 14.6 Å². The first kappa shape index (κ1) is 9.96. The van der Waals surface area contributed by atoms with E-state index in [4.69, 9.17) is 14.6 Å². The first-order chi connectivity index (χ1) is 5.83. The fourth-order valence-electron chi connectivity index (χ4n) is 1.58. The Bertz CT molecular complexity index is 103. The number of ether oxygens (including phenoxy) is 2. The highest BCUT2D eigenvalue weighted by Gasteiger charge is 2.32. The Labute approximate surface area is 73.7 Å². The lowest BCUT2D eigenvalue weighted by Gasteiger charge is -2.36. The average molecular weight is 174 g/mol. The summed E-state index contributed by atoms with van der Waals surface area (Å²) in [6.45, 7) is 3.76. The Kier molecular flexibility index (Phi) is 3.98. The molecule has 0 aromatic rings. The van der Waals surface area contributed by atoms with Gasteiger partial charge in [-0.1, -0.05) is 13.3 Å². The van der Waals surface area contributed by atoms with E-state index in [-0.39, 0.29) is 6.61 Å². The summed E-state index contributed by atoms with van der Waals surface area (Å²) in [5, 5.41) is 8.85. The lowest BCUT2D eigenvalue weighted by Crippen LogP contribution is -2.41. The lowest BCUT2D eigenvalue weighted by atomic mass is 10.1. The molecule has 0 bridgehead atoms. The van der Waals surface area contributed by atoms with Crippen molar-refractivity contribution in [2.24, 2.45) is 0 Å². The van der Waals surface area contributed by atoms with Crippen LogP contribution in [0, 0.1) is 0 Å². The van der Waals surface area contributed by atoms with Crippen LogP contribution in [0.1, 0.15) is 32.6 Å². The number of aliphatic hydroxyl groups excluding tert-OH is 1. The molecule has 72 valence electrons. The zero-order valence-corrected chi connectivity index (χ0v) is 7.71. The van der Waals surface area contributed by atoms with E-state index in [0.29, 0.717) is 6.42 Å². The standard InChI is InChI=1S/C9H18O3/c1-2-4-9(5-6-10)11-7-3-8-12-9/h10H,2-8H2,1H3. The first-order valence-electron chi connectivity index (χ1n) is 4.72. The maximum absolute atomic E-state index is 8.85. The topological polar surface area (TPSA) is 38.7 Å². The predicted molar refractivity (Wildman–Crippen MR) is 45.9 cm³/mol. The van der Waals surface area contributed by atoms with Gasteiger partial charge in [0.1, 0.15) is 0 Å². The second kappa shape index (κ2) is 4.80. The fraction of sp³-hybridized carbons (Fsp3) is 1.00. The predicted octanol–water partition coefficient (Wildman–Crippen LogP) is 1.30. The van der Waals surface area contributed by atoms with E-state index in [1.54, 1.807) is 0 Å². The molecule has 1 heterocycles. The minimum absolute atomic E-state index is 0.139. The maximum Gasteiger partial charge on any atom is 0.170 e. The van der Waals surface area contributed by atoms with Crippen molar-refractivity contribution in [3.8, 4) is 0 Å². The second-order valence-corrected chi connectivity index (χ2v) is 3.18. The Morgan fingerprint density at radius 2 is 1.92 bits per heavy atom. The molecule has 1 saturated heterocycles. The van der Waals surface area contributed by atoms with Gasteiger partial charge in [-0.25, -0.2) is 0 Å². The largest absolute Gasteiger partial charge is 0.396 e. The third kappa shape index (κ3) is 2.44. The zero-order chi connectivity index (χ0) is 8.86. The second-order valence-electron chi connectivity index (χ2n) is 3.18. The molecule has 1 N–H and O–H groups in total. The van der Waals surface area contributed by atoms with Crippen molar-refractivity contribution < 1.29 is 14.6 Å². The monoisotopic (exact) mass is 174 g/mol. The summed E-state index contributed by atoms with van der Waals surface area (Å²) < 4.78 is 11.1. The van der Waals surface area contributed by atoms with Gasteiger partial charge in [0.15, 0.2) is 5.79 Å². The summed E-state index contributed by atoms with van der Waals surface area (Å²) in [6.07, 6.45) is 3.48. The summed E-state index contributed by atoms with van der Waals surface area (Å²) >= 11 is 0. The van der Waals surface area contributed by atoms with Gasteiger partial charge in [0.2, 0.25) is 0 Å². The van der Waals surface area contributed by atoms with Crippen molar-refractivity contribution in [2.75, 3.05) is 19.8 Å². The molecule has 0 spiro atoms. The van der Waals surface area contributed by atoms with E-state index >= 15 is 0 Å². The molecule has 1 rings (SSSR count). The van der Waals surface area contributed by atoms with Crippen molar-refractivity contribution in [1.82, 2.24) is 0 Å². The van der Waals surface area contributed by atoms with Crippen molar-refractivity contribution in [3.05, 3.63) is 0 Å². The number of hydrogen-bond donors (Lipinski definition) is 1. The van der Waals surface area contributed by atoms with Crippen LogP contribution in [0.3, 0.4) is 0 Å². The Morgan fingerprint density at radius 3 is 2.42 bits per heavy atom. The SMILES string of the molecule is CCCC1(CCO)OCCCO1. The molecular formula is C9H18O3. The number of aliphatic hydroxyl groups is 1. The zero-order valence-electron chi connectivity index (χ0n) is 7.71. The van der Waals surface area contributed by atoms with Crippen LogP contribution >= 0.6 is 0 Å². The Hall–Kier alpha value is -0.120. The minimum Gasteiger partial charge on any atom is -0.396 e. The van der Waals surface area contributed by atoms with Gasteiger partial charge in [-0.15, -0.1) is 0 Å². The van der Waals surface area contributed by atoms with Crippen LogP contribution in [0.4, 0.5) is 0 Å². The van der Waals surface area contributed by atoms with Crippen molar-refractivity contribution >= 4 is 0 Å². The van der Waals surface area contributed by atoms with Crippen molar-refractivity contribution in [2.45, 2.75) is 38.4 Å². The molecule has 0 aromatic carbocycles. The maximum atomic E-state index is 8.85. The highest BCUT2D eigenvalue weighted by atomic mass is 16.7. The molecule has 3 nitrogen and oxygen atoms in total. The van der Waals surface area contributed by atoms with E-state index < -0.39 is 5.79 Å². The van der Waals surface area contributed by atoms with Gasteiger partial charge in [0.05, 0.1) is 13.2 Å². The Morgan fingerprint density at radius 1 is 1.25 bits per heavy atom. The van der Waals surface area contributed by atoms with Gasteiger partial charge in [-0.2, -0.15) is 0 Å².